The van der Waals surface area contributed by atoms with Crippen LogP contribution in [0.15, 0.2) is 73.1 Å². The Kier molecular flexibility index (Phi) is 5.23. The van der Waals surface area contributed by atoms with Crippen LogP contribution in [0.1, 0.15) is 43.5 Å². The van der Waals surface area contributed by atoms with Crippen LogP contribution < -0.4 is 0 Å². The molecule has 0 aliphatic carbocycles. The number of carbonyl (C=O) groups excluding carboxylic acids is 2. The lowest BCUT2D eigenvalue weighted by molar-refractivity contribution is 0.0280. The minimum atomic E-state index is -1.00. The Morgan fingerprint density at radius 1 is 0.846 bits per heavy atom. The number of Topliss-reactive ketones (excluding diaryl/α,β-unsaturated/α-hetero) is 1. The maximum absolute atomic E-state index is 13.1. The zero-order valence-electron chi connectivity index (χ0n) is 14.7. The first-order valence-electron chi connectivity index (χ1n) is 8.33. The molecule has 4 heteroatoms. The van der Waals surface area contributed by atoms with Crippen LogP contribution in [0.2, 0.25) is 0 Å². The molecule has 3 aromatic rings. The van der Waals surface area contributed by atoms with Crippen LogP contribution in [-0.2, 0) is 4.74 Å². The van der Waals surface area contributed by atoms with Crippen LogP contribution in [0.25, 0.3) is 0 Å². The van der Waals surface area contributed by atoms with Gasteiger partial charge in [0.05, 0.1) is 5.56 Å². The van der Waals surface area contributed by atoms with Crippen molar-refractivity contribution >= 4 is 11.8 Å². The van der Waals surface area contributed by atoms with Crippen LogP contribution >= 0.6 is 0 Å². The van der Waals surface area contributed by atoms with Gasteiger partial charge in [-0.3, -0.25) is 9.78 Å². The van der Waals surface area contributed by atoms with E-state index in [-0.39, 0.29) is 5.78 Å². The first-order chi connectivity index (χ1) is 12.6. The fraction of sp³-hybridized carbons (Fsp3) is 0.136. The Morgan fingerprint density at radius 2 is 1.54 bits per heavy atom. The van der Waals surface area contributed by atoms with Gasteiger partial charge in [-0.2, -0.15) is 0 Å². The highest BCUT2D eigenvalue weighted by atomic mass is 16.5. The van der Waals surface area contributed by atoms with Gasteiger partial charge in [0.2, 0.25) is 5.78 Å². The third-order valence-corrected chi connectivity index (χ3v) is 4.27. The van der Waals surface area contributed by atoms with E-state index in [1.165, 1.54) is 12.4 Å². The first-order valence-corrected chi connectivity index (χ1v) is 8.33. The highest BCUT2D eigenvalue weighted by molar-refractivity contribution is 6.02. The maximum atomic E-state index is 13.1. The molecule has 0 bridgehead atoms. The van der Waals surface area contributed by atoms with Crippen molar-refractivity contribution < 1.29 is 14.3 Å². The summed E-state index contributed by atoms with van der Waals surface area (Å²) in [7, 11) is 0. The van der Waals surface area contributed by atoms with Crippen molar-refractivity contribution in [3.05, 3.63) is 101 Å². The standard InChI is InChI=1S/C22H19NO3/c1-15-8-9-19(14-16(15)2)20(24)21(17-6-4-3-5-7-17)26-22(25)18-10-12-23-13-11-18/h3-14,21H,1-2H3. The van der Waals surface area contributed by atoms with Crippen molar-refractivity contribution in [3.8, 4) is 0 Å². The van der Waals surface area contributed by atoms with Crippen molar-refractivity contribution in [3.63, 3.8) is 0 Å². The topological polar surface area (TPSA) is 56.3 Å². The number of rotatable bonds is 5. The molecule has 1 atom stereocenters. The molecule has 0 N–H and O–H groups in total. The van der Waals surface area contributed by atoms with Crippen LogP contribution in [0.4, 0.5) is 0 Å². The maximum Gasteiger partial charge on any atom is 0.339 e. The zero-order valence-corrected chi connectivity index (χ0v) is 14.7. The van der Waals surface area contributed by atoms with Gasteiger partial charge in [-0.25, -0.2) is 4.79 Å². The molecule has 1 aromatic heterocycles. The molecule has 2 aromatic carbocycles. The number of hydrogen-bond donors (Lipinski definition) is 0. The summed E-state index contributed by atoms with van der Waals surface area (Å²) in [4.78, 5) is 29.5. The number of benzene rings is 2. The van der Waals surface area contributed by atoms with Crippen molar-refractivity contribution in [2.45, 2.75) is 20.0 Å². The van der Waals surface area contributed by atoms with Gasteiger partial charge in [-0.1, -0.05) is 42.5 Å². The molecule has 0 spiro atoms. The minimum Gasteiger partial charge on any atom is -0.445 e. The number of hydrogen-bond acceptors (Lipinski definition) is 4. The average molecular weight is 345 g/mol. The fourth-order valence-electron chi connectivity index (χ4n) is 2.61. The first kappa shape index (κ1) is 17.5. The molecule has 0 fully saturated rings. The molecule has 0 saturated carbocycles. The van der Waals surface area contributed by atoms with E-state index in [1.807, 2.05) is 44.2 Å². The Labute approximate surface area is 152 Å². The summed E-state index contributed by atoms with van der Waals surface area (Å²) >= 11 is 0. The van der Waals surface area contributed by atoms with E-state index in [2.05, 4.69) is 4.98 Å². The second-order valence-corrected chi connectivity index (χ2v) is 6.10. The monoisotopic (exact) mass is 345 g/mol. The summed E-state index contributed by atoms with van der Waals surface area (Å²) in [6.07, 6.45) is 2.03. The predicted molar refractivity (Wildman–Crippen MR) is 99.1 cm³/mol. The zero-order chi connectivity index (χ0) is 18.5. The van der Waals surface area contributed by atoms with Gasteiger partial charge in [0.25, 0.3) is 0 Å². The molecule has 0 amide bonds. The largest absolute Gasteiger partial charge is 0.445 e. The molecule has 1 heterocycles. The number of aryl methyl sites for hydroxylation is 2. The summed E-state index contributed by atoms with van der Waals surface area (Å²) in [5, 5.41) is 0. The number of carbonyl (C=O) groups is 2. The number of ether oxygens (including phenoxy) is 1. The van der Waals surface area contributed by atoms with E-state index < -0.39 is 12.1 Å². The van der Waals surface area contributed by atoms with Gasteiger partial charge < -0.3 is 4.74 Å². The number of nitrogens with zero attached hydrogens (tertiary/aromatic N) is 1. The summed E-state index contributed by atoms with van der Waals surface area (Å²) < 4.78 is 5.59. The molecular weight excluding hydrogens is 326 g/mol. The van der Waals surface area contributed by atoms with Gasteiger partial charge >= 0.3 is 5.97 Å². The van der Waals surface area contributed by atoms with E-state index in [9.17, 15) is 9.59 Å². The highest BCUT2D eigenvalue weighted by Crippen LogP contribution is 2.25. The van der Waals surface area contributed by atoms with Crippen molar-refractivity contribution in [1.82, 2.24) is 4.98 Å². The Hall–Kier alpha value is -3.27. The SMILES string of the molecule is Cc1ccc(C(=O)C(OC(=O)c2ccncc2)c2ccccc2)cc1C. The van der Waals surface area contributed by atoms with Gasteiger partial charge in [-0.05, 0) is 43.2 Å². The highest BCUT2D eigenvalue weighted by Gasteiger charge is 2.27. The lowest BCUT2D eigenvalue weighted by Crippen LogP contribution is -2.20. The molecule has 0 saturated heterocycles. The summed E-state index contributed by atoms with van der Waals surface area (Å²) in [6.45, 7) is 3.94. The summed E-state index contributed by atoms with van der Waals surface area (Å²) in [5.74, 6) is -0.805. The van der Waals surface area contributed by atoms with E-state index in [0.717, 1.165) is 11.1 Å². The Balaban J connectivity index is 1.94. The third-order valence-electron chi connectivity index (χ3n) is 4.27. The van der Waals surface area contributed by atoms with Crippen molar-refractivity contribution in [1.29, 1.82) is 0 Å². The normalized spacial score (nSPS) is 11.6. The molecule has 0 radical (unpaired) electrons. The van der Waals surface area contributed by atoms with E-state index in [0.29, 0.717) is 16.7 Å². The number of pyridine rings is 1. The number of esters is 1. The van der Waals surface area contributed by atoms with Crippen LogP contribution in [-0.4, -0.2) is 16.7 Å². The molecule has 130 valence electrons. The summed E-state index contributed by atoms with van der Waals surface area (Å²) in [5.41, 5.74) is 3.63. The van der Waals surface area contributed by atoms with Gasteiger partial charge in [0, 0.05) is 23.5 Å². The second kappa shape index (κ2) is 7.74. The van der Waals surface area contributed by atoms with Crippen molar-refractivity contribution in [2.24, 2.45) is 0 Å². The van der Waals surface area contributed by atoms with Gasteiger partial charge in [0.1, 0.15) is 0 Å². The van der Waals surface area contributed by atoms with Gasteiger partial charge in [-0.15, -0.1) is 0 Å². The Bertz CT molecular complexity index is 921. The lowest BCUT2D eigenvalue weighted by Gasteiger charge is -2.18. The molecular formula is C22H19NO3. The Morgan fingerprint density at radius 3 is 2.19 bits per heavy atom. The fourth-order valence-corrected chi connectivity index (χ4v) is 2.61. The van der Waals surface area contributed by atoms with E-state index in [1.54, 1.807) is 30.3 Å². The molecule has 0 aliphatic rings. The predicted octanol–water partition coefficient (Wildman–Crippen LogP) is 4.48. The van der Waals surface area contributed by atoms with Crippen LogP contribution in [0.3, 0.4) is 0 Å². The second-order valence-electron chi connectivity index (χ2n) is 6.10. The lowest BCUT2D eigenvalue weighted by atomic mass is 9.97. The molecule has 1 unspecified atom stereocenters. The third kappa shape index (κ3) is 3.86. The van der Waals surface area contributed by atoms with Crippen molar-refractivity contribution in [2.75, 3.05) is 0 Å². The smallest absolute Gasteiger partial charge is 0.339 e. The number of aromatic nitrogens is 1. The van der Waals surface area contributed by atoms with Crippen LogP contribution in [0, 0.1) is 13.8 Å². The molecule has 0 aliphatic heterocycles. The quantitative estimate of drug-likeness (QED) is 0.505. The summed E-state index contributed by atoms with van der Waals surface area (Å²) in [6, 6.07) is 17.7. The molecule has 3 rings (SSSR count). The molecule has 26 heavy (non-hydrogen) atoms. The minimum absolute atomic E-state index is 0.248. The van der Waals surface area contributed by atoms with E-state index >= 15 is 0 Å². The molecule has 4 nitrogen and oxygen atoms in total. The van der Waals surface area contributed by atoms with Crippen LogP contribution in [0.5, 0.6) is 0 Å². The number of ketones is 1. The van der Waals surface area contributed by atoms with E-state index in [4.69, 9.17) is 4.74 Å². The average Bonchev–Trinajstić information content (AvgIpc) is 2.69. The van der Waals surface area contributed by atoms with Gasteiger partial charge in [0.15, 0.2) is 6.10 Å².